The van der Waals surface area contributed by atoms with E-state index in [0.29, 0.717) is 0 Å². The van der Waals surface area contributed by atoms with Gasteiger partial charge in [0.05, 0.1) is 6.26 Å². The van der Waals surface area contributed by atoms with Crippen LogP contribution in [0.4, 0.5) is 0 Å². The summed E-state index contributed by atoms with van der Waals surface area (Å²) in [5, 5.41) is 0. The van der Waals surface area contributed by atoms with E-state index in [1.165, 1.54) is 6.26 Å². The molecule has 0 unspecified atom stereocenters. The monoisotopic (exact) mass is 168 g/mol. The molecular formula is C8H13BO3. The minimum Gasteiger partial charge on any atom is -0.532 e. The van der Waals surface area contributed by atoms with Crippen molar-refractivity contribution in [1.29, 1.82) is 0 Å². The number of hydrogen-bond donors (Lipinski definition) is 0. The summed E-state index contributed by atoms with van der Waals surface area (Å²) in [6.45, 7) is 10.3. The Balaban J connectivity index is 3.81. The SMILES string of the molecule is C=COC(C)(C)BOC(=O)C=C. The molecule has 4 heteroatoms. The maximum absolute atomic E-state index is 10.6. The molecule has 0 aromatic carbocycles. The lowest BCUT2D eigenvalue weighted by Gasteiger charge is -2.21. The van der Waals surface area contributed by atoms with Gasteiger partial charge in [0.1, 0.15) is 5.50 Å². The predicted molar refractivity (Wildman–Crippen MR) is 48.8 cm³/mol. The molecule has 3 nitrogen and oxygen atoms in total. The Bertz CT molecular complexity index is 187. The lowest BCUT2D eigenvalue weighted by atomic mass is 9.78. The van der Waals surface area contributed by atoms with Crippen LogP contribution in [0.3, 0.4) is 0 Å². The van der Waals surface area contributed by atoms with Gasteiger partial charge in [-0.25, -0.2) is 4.79 Å². The number of ether oxygens (including phenoxy) is 1. The molecule has 0 heterocycles. The van der Waals surface area contributed by atoms with Crippen molar-refractivity contribution in [3.05, 3.63) is 25.5 Å². The van der Waals surface area contributed by atoms with E-state index in [1.807, 2.05) is 0 Å². The molecule has 0 aliphatic carbocycles. The highest BCUT2D eigenvalue weighted by Crippen LogP contribution is 2.07. The molecule has 0 aromatic rings. The molecule has 0 aromatic heterocycles. The lowest BCUT2D eigenvalue weighted by molar-refractivity contribution is -0.129. The van der Waals surface area contributed by atoms with Gasteiger partial charge in [-0.05, 0) is 13.8 Å². The second kappa shape index (κ2) is 4.64. The van der Waals surface area contributed by atoms with Crippen molar-refractivity contribution >= 4 is 13.5 Å². The van der Waals surface area contributed by atoms with Crippen molar-refractivity contribution in [1.82, 2.24) is 0 Å². The summed E-state index contributed by atoms with van der Waals surface area (Å²) in [6.07, 6.45) is 2.44. The molecule has 0 spiro atoms. The molecule has 0 fully saturated rings. The fraction of sp³-hybridized carbons (Fsp3) is 0.375. The van der Waals surface area contributed by atoms with Gasteiger partial charge >= 0.3 is 13.5 Å². The van der Waals surface area contributed by atoms with E-state index in [-0.39, 0.29) is 7.48 Å². The third-order valence-electron chi connectivity index (χ3n) is 1.13. The van der Waals surface area contributed by atoms with Gasteiger partial charge in [-0.15, -0.1) is 0 Å². The molecule has 0 bridgehead atoms. The maximum atomic E-state index is 10.6. The zero-order valence-electron chi connectivity index (χ0n) is 7.50. The van der Waals surface area contributed by atoms with E-state index in [2.05, 4.69) is 13.2 Å². The van der Waals surface area contributed by atoms with E-state index >= 15 is 0 Å². The Morgan fingerprint density at radius 3 is 2.50 bits per heavy atom. The fourth-order valence-corrected chi connectivity index (χ4v) is 0.563. The Hall–Kier alpha value is -1.19. The van der Waals surface area contributed by atoms with Crippen LogP contribution in [-0.4, -0.2) is 19.0 Å². The van der Waals surface area contributed by atoms with Gasteiger partial charge in [0.15, 0.2) is 0 Å². The second-order valence-electron chi connectivity index (χ2n) is 2.86. The third-order valence-corrected chi connectivity index (χ3v) is 1.13. The van der Waals surface area contributed by atoms with Crippen LogP contribution in [0.15, 0.2) is 25.5 Å². The summed E-state index contributed by atoms with van der Waals surface area (Å²) < 4.78 is 9.86. The maximum Gasteiger partial charge on any atom is 0.388 e. The highest BCUT2D eigenvalue weighted by molar-refractivity contribution is 6.34. The molecule has 12 heavy (non-hydrogen) atoms. The van der Waals surface area contributed by atoms with E-state index < -0.39 is 11.5 Å². The van der Waals surface area contributed by atoms with Gasteiger partial charge in [-0.3, -0.25) is 0 Å². The van der Waals surface area contributed by atoms with Crippen molar-refractivity contribution < 1.29 is 14.2 Å². The smallest absolute Gasteiger partial charge is 0.388 e. The zero-order valence-corrected chi connectivity index (χ0v) is 7.50. The van der Waals surface area contributed by atoms with Crippen LogP contribution < -0.4 is 0 Å². The van der Waals surface area contributed by atoms with Crippen molar-refractivity contribution in [3.8, 4) is 0 Å². The Morgan fingerprint density at radius 2 is 2.08 bits per heavy atom. The number of carbonyl (C=O) groups is 1. The first kappa shape index (κ1) is 10.8. The van der Waals surface area contributed by atoms with Crippen molar-refractivity contribution in [2.75, 3.05) is 0 Å². The summed E-state index contributed by atoms with van der Waals surface area (Å²) in [5.74, 6) is -0.448. The van der Waals surface area contributed by atoms with E-state index in [4.69, 9.17) is 9.39 Å². The first-order valence-corrected chi connectivity index (χ1v) is 3.60. The highest BCUT2D eigenvalue weighted by Gasteiger charge is 2.23. The summed E-state index contributed by atoms with van der Waals surface area (Å²) in [7, 11) is 0.184. The molecule has 0 amide bonds. The van der Waals surface area contributed by atoms with Gasteiger partial charge in [0.2, 0.25) is 0 Å². The highest BCUT2D eigenvalue weighted by atomic mass is 16.5. The number of carbonyl (C=O) groups excluding carboxylic acids is 1. The van der Waals surface area contributed by atoms with Crippen LogP contribution in [0, 0.1) is 0 Å². The minimum absolute atomic E-state index is 0.184. The molecule has 0 aliphatic rings. The summed E-state index contributed by atoms with van der Waals surface area (Å²) in [4.78, 5) is 10.6. The van der Waals surface area contributed by atoms with Crippen LogP contribution in [0.2, 0.25) is 0 Å². The Morgan fingerprint density at radius 1 is 1.50 bits per heavy atom. The molecular weight excluding hydrogens is 155 g/mol. The van der Waals surface area contributed by atoms with Crippen LogP contribution in [0.25, 0.3) is 0 Å². The summed E-state index contributed by atoms with van der Waals surface area (Å²) in [6, 6.07) is 0. The average molecular weight is 168 g/mol. The molecule has 66 valence electrons. The first-order valence-electron chi connectivity index (χ1n) is 3.60. The van der Waals surface area contributed by atoms with E-state index in [0.717, 1.165) is 6.08 Å². The van der Waals surface area contributed by atoms with Gasteiger partial charge in [0, 0.05) is 6.08 Å². The molecule has 0 saturated carbocycles. The fourth-order valence-electron chi connectivity index (χ4n) is 0.563. The number of hydrogen-bond acceptors (Lipinski definition) is 3. The number of rotatable bonds is 5. The predicted octanol–water partition coefficient (Wildman–Crippen LogP) is 0.963. The van der Waals surface area contributed by atoms with Crippen LogP contribution in [0.5, 0.6) is 0 Å². The van der Waals surface area contributed by atoms with Crippen LogP contribution >= 0.6 is 0 Å². The largest absolute Gasteiger partial charge is 0.532 e. The standard InChI is InChI=1S/C8H13BO3/c1-5-7(10)12-9-8(3,4)11-6-2/h5-6,9H,1-2H2,3-4H3. The normalized spacial score (nSPS) is 9.83. The average Bonchev–Trinajstić information content (AvgIpc) is 2.00. The molecule has 0 rings (SSSR count). The van der Waals surface area contributed by atoms with Gasteiger partial charge in [-0.1, -0.05) is 13.2 Å². The Kier molecular flexibility index (Phi) is 4.19. The lowest BCUT2D eigenvalue weighted by Crippen LogP contribution is -2.33. The molecule has 0 aliphatic heterocycles. The van der Waals surface area contributed by atoms with Crippen molar-refractivity contribution in [3.63, 3.8) is 0 Å². The van der Waals surface area contributed by atoms with Crippen molar-refractivity contribution in [2.24, 2.45) is 0 Å². The van der Waals surface area contributed by atoms with Crippen molar-refractivity contribution in [2.45, 2.75) is 19.3 Å². The molecule has 0 N–H and O–H groups in total. The summed E-state index contributed by atoms with van der Waals surface area (Å²) in [5.41, 5.74) is -0.527. The van der Waals surface area contributed by atoms with Gasteiger partial charge in [0.25, 0.3) is 0 Å². The van der Waals surface area contributed by atoms with Gasteiger partial charge in [-0.2, -0.15) is 0 Å². The topological polar surface area (TPSA) is 35.5 Å². The summed E-state index contributed by atoms with van der Waals surface area (Å²) >= 11 is 0. The molecule has 0 atom stereocenters. The Labute approximate surface area is 73.3 Å². The molecule has 0 radical (unpaired) electrons. The first-order chi connectivity index (χ1) is 5.52. The zero-order chi connectivity index (χ0) is 9.61. The van der Waals surface area contributed by atoms with E-state index in [1.54, 1.807) is 13.8 Å². The molecule has 0 saturated heterocycles. The minimum atomic E-state index is -0.527. The second-order valence-corrected chi connectivity index (χ2v) is 2.86. The van der Waals surface area contributed by atoms with Gasteiger partial charge < -0.3 is 9.39 Å². The van der Waals surface area contributed by atoms with E-state index in [9.17, 15) is 4.79 Å². The van der Waals surface area contributed by atoms with Crippen LogP contribution in [-0.2, 0) is 14.2 Å². The quantitative estimate of drug-likeness (QED) is 0.348. The van der Waals surface area contributed by atoms with Crippen LogP contribution in [0.1, 0.15) is 13.8 Å². The third kappa shape index (κ3) is 4.60.